The van der Waals surface area contributed by atoms with Gasteiger partial charge in [-0.3, -0.25) is 0 Å². The maximum Gasteiger partial charge on any atom is 0.134 e. The normalized spacial score (nSPS) is 36.9. The van der Waals surface area contributed by atoms with Gasteiger partial charge in [-0.15, -0.1) is 5.10 Å². The van der Waals surface area contributed by atoms with E-state index in [2.05, 4.69) is 20.3 Å². The lowest BCUT2D eigenvalue weighted by Gasteiger charge is -2.45. The fraction of sp³-hybridized carbons (Fsp3) is 0.600. The third-order valence-electron chi connectivity index (χ3n) is 6.09. The molecule has 0 amide bonds. The lowest BCUT2D eigenvalue weighted by Crippen LogP contribution is -2.59. The van der Waals surface area contributed by atoms with Crippen LogP contribution in [-0.2, 0) is 9.47 Å². The van der Waals surface area contributed by atoms with Crippen molar-refractivity contribution in [3.8, 4) is 11.3 Å². The van der Waals surface area contributed by atoms with E-state index in [0.29, 0.717) is 5.56 Å². The Bertz CT molecular complexity index is 1090. The second kappa shape index (κ2) is 11.4. The van der Waals surface area contributed by atoms with Gasteiger partial charge < -0.3 is 40.1 Å². The summed E-state index contributed by atoms with van der Waals surface area (Å²) < 4.78 is 26.0. The first-order chi connectivity index (χ1) is 17.3. The number of aliphatic hydroxyl groups is 6. The van der Waals surface area contributed by atoms with Crippen LogP contribution in [0.4, 0.5) is 4.39 Å². The molecule has 6 N–H and O–H groups in total. The summed E-state index contributed by atoms with van der Waals surface area (Å²) in [5.41, 5.74) is 7.04. The van der Waals surface area contributed by atoms with E-state index in [1.807, 2.05) is 0 Å². The fourth-order valence-electron chi connectivity index (χ4n) is 4.20. The molecule has 5 unspecified atom stereocenters. The van der Waals surface area contributed by atoms with Crippen molar-refractivity contribution in [3.63, 3.8) is 0 Å². The second-order valence-electron chi connectivity index (χ2n) is 8.33. The van der Waals surface area contributed by atoms with Gasteiger partial charge in [0.15, 0.2) is 0 Å². The van der Waals surface area contributed by atoms with Crippen LogP contribution in [0.15, 0.2) is 35.6 Å². The zero-order valence-electron chi connectivity index (χ0n) is 18.5. The molecule has 36 heavy (non-hydrogen) atoms. The summed E-state index contributed by atoms with van der Waals surface area (Å²) in [4.78, 5) is 2.61. The van der Waals surface area contributed by atoms with Crippen LogP contribution in [0, 0.1) is 5.82 Å². The minimum Gasteiger partial charge on any atom is -0.394 e. The monoisotopic (exact) mass is 528 g/mol. The van der Waals surface area contributed by atoms with Gasteiger partial charge in [0.2, 0.25) is 0 Å². The molecule has 2 fully saturated rings. The van der Waals surface area contributed by atoms with Crippen LogP contribution in [0.25, 0.3) is 21.7 Å². The number of aromatic nitrogens is 3. The van der Waals surface area contributed by atoms with Crippen molar-refractivity contribution in [2.24, 2.45) is 5.11 Å². The molecule has 196 valence electrons. The van der Waals surface area contributed by atoms with Gasteiger partial charge >= 0.3 is 0 Å². The summed E-state index contributed by atoms with van der Waals surface area (Å²) in [5, 5.41) is 73.3. The number of halogens is 1. The van der Waals surface area contributed by atoms with Crippen molar-refractivity contribution < 1.29 is 44.5 Å². The van der Waals surface area contributed by atoms with E-state index in [9.17, 15) is 35.0 Å². The molecule has 0 bridgehead atoms. The number of aliphatic hydroxyl groups excluding tert-OH is 6. The second-order valence-corrected chi connectivity index (χ2v) is 9.53. The molecule has 1 aromatic carbocycles. The minimum absolute atomic E-state index is 0.271. The van der Waals surface area contributed by atoms with E-state index in [4.69, 9.17) is 15.0 Å². The third-order valence-corrected chi connectivity index (χ3v) is 7.40. The molecule has 2 aromatic rings. The Kier molecular flexibility index (Phi) is 8.41. The smallest absolute Gasteiger partial charge is 0.134 e. The van der Waals surface area contributed by atoms with E-state index in [0.717, 1.165) is 11.8 Å². The van der Waals surface area contributed by atoms with Gasteiger partial charge in [0.25, 0.3) is 0 Å². The average Bonchev–Trinajstić information content (AvgIpc) is 3.35. The molecule has 0 radical (unpaired) electrons. The third kappa shape index (κ3) is 5.19. The molecule has 10 atom stereocenters. The molecule has 3 heterocycles. The Labute approximate surface area is 207 Å². The quantitative estimate of drug-likeness (QED) is 0.144. The van der Waals surface area contributed by atoms with E-state index in [1.54, 1.807) is 6.07 Å². The Balaban J connectivity index is 1.59. The topological polar surface area (TPSA) is 219 Å². The van der Waals surface area contributed by atoms with Gasteiger partial charge in [0.05, 0.1) is 31.6 Å². The fourth-order valence-corrected chi connectivity index (χ4v) is 5.53. The van der Waals surface area contributed by atoms with Gasteiger partial charge in [-0.25, -0.2) is 9.07 Å². The van der Waals surface area contributed by atoms with Crippen molar-refractivity contribution in [1.82, 2.24) is 15.0 Å². The van der Waals surface area contributed by atoms with Crippen LogP contribution >= 0.6 is 11.8 Å². The molecule has 14 nitrogen and oxygen atoms in total. The molecule has 2 aliphatic rings. The number of hydrogen-bond donors (Lipinski definition) is 6. The summed E-state index contributed by atoms with van der Waals surface area (Å²) in [7, 11) is 0. The first-order valence-corrected chi connectivity index (χ1v) is 11.9. The SMILES string of the molecule is [N-]=[N+]=NC1C(O)[C@@H](CO)OC(S[C@@H]2OC(CO)[C@H](O)C(n3cc(-c4cccc(F)c4)nn3)[C@@H]2O)[C@@H]1O. The van der Waals surface area contributed by atoms with Crippen LogP contribution in [0.5, 0.6) is 0 Å². The molecule has 2 aliphatic heterocycles. The molecule has 2 saturated heterocycles. The minimum atomic E-state index is -1.54. The Morgan fingerprint density at radius 2 is 1.69 bits per heavy atom. The first-order valence-electron chi connectivity index (χ1n) is 10.9. The Morgan fingerprint density at radius 1 is 1.03 bits per heavy atom. The van der Waals surface area contributed by atoms with Crippen LogP contribution in [0.2, 0.25) is 0 Å². The highest BCUT2D eigenvalue weighted by Crippen LogP contribution is 2.40. The molecule has 0 saturated carbocycles. The lowest BCUT2D eigenvalue weighted by molar-refractivity contribution is -0.183. The highest BCUT2D eigenvalue weighted by Gasteiger charge is 2.50. The summed E-state index contributed by atoms with van der Waals surface area (Å²) in [5.74, 6) is -0.485. The van der Waals surface area contributed by atoms with E-state index < -0.39 is 78.6 Å². The van der Waals surface area contributed by atoms with Gasteiger partial charge in [-0.2, -0.15) is 0 Å². The van der Waals surface area contributed by atoms with Crippen LogP contribution < -0.4 is 0 Å². The number of thioether (sulfide) groups is 1. The van der Waals surface area contributed by atoms with E-state index >= 15 is 0 Å². The number of hydrogen-bond acceptors (Lipinski definition) is 12. The standard InChI is InChI=1S/C20H25FN6O8S/c21-9-3-1-2-8(4-9)10-5-27(26-23-10)14-16(31)12(7-29)35-20(18(14)33)36-19-17(32)13(24-25-22)15(30)11(6-28)34-19/h1-5,11-20,28-33H,6-7H2/t11-,12?,13?,14?,15?,16+,17-,18+,19?,20+/m1/s1. The number of ether oxygens (including phenoxy) is 2. The van der Waals surface area contributed by atoms with Crippen molar-refractivity contribution in [2.45, 2.75) is 59.6 Å². The molecule has 1 aromatic heterocycles. The van der Waals surface area contributed by atoms with Crippen LogP contribution in [-0.4, -0.2) is 112 Å². The van der Waals surface area contributed by atoms with E-state index in [-0.39, 0.29) is 5.69 Å². The zero-order valence-corrected chi connectivity index (χ0v) is 19.4. The predicted molar refractivity (Wildman–Crippen MR) is 120 cm³/mol. The Hall–Kier alpha value is -2.37. The largest absolute Gasteiger partial charge is 0.394 e. The highest BCUT2D eigenvalue weighted by molar-refractivity contribution is 8.00. The summed E-state index contributed by atoms with van der Waals surface area (Å²) >= 11 is 0.750. The van der Waals surface area contributed by atoms with Crippen LogP contribution in [0.1, 0.15) is 6.04 Å². The molecular formula is C20H25FN6O8S. The van der Waals surface area contributed by atoms with Gasteiger partial charge in [-0.05, 0) is 17.7 Å². The van der Waals surface area contributed by atoms with Crippen LogP contribution in [0.3, 0.4) is 0 Å². The number of rotatable bonds is 7. The predicted octanol–water partition coefficient (Wildman–Crippen LogP) is -1.08. The zero-order chi connectivity index (χ0) is 26.0. The summed E-state index contributed by atoms with van der Waals surface area (Å²) in [6.45, 7) is -1.26. The highest BCUT2D eigenvalue weighted by atomic mass is 32.2. The van der Waals surface area contributed by atoms with Crippen molar-refractivity contribution in [2.75, 3.05) is 13.2 Å². The number of nitrogens with zero attached hydrogens (tertiary/aromatic N) is 6. The van der Waals surface area contributed by atoms with Crippen molar-refractivity contribution in [1.29, 1.82) is 0 Å². The van der Waals surface area contributed by atoms with Gasteiger partial charge in [0.1, 0.15) is 58.9 Å². The van der Waals surface area contributed by atoms with E-state index in [1.165, 1.54) is 29.1 Å². The number of azide groups is 1. The van der Waals surface area contributed by atoms with Gasteiger partial charge in [0, 0.05) is 10.5 Å². The Morgan fingerprint density at radius 3 is 2.33 bits per heavy atom. The molecule has 0 spiro atoms. The summed E-state index contributed by atoms with van der Waals surface area (Å²) in [6, 6.07) is 3.09. The average molecular weight is 529 g/mol. The van der Waals surface area contributed by atoms with Gasteiger partial charge in [-0.1, -0.05) is 34.2 Å². The summed E-state index contributed by atoms with van der Waals surface area (Å²) in [6.07, 6.45) is -6.90. The molecule has 0 aliphatic carbocycles. The maximum absolute atomic E-state index is 13.6. The van der Waals surface area contributed by atoms with Crippen molar-refractivity contribution in [3.05, 3.63) is 46.7 Å². The first kappa shape index (κ1) is 26.7. The maximum atomic E-state index is 13.6. The molecule has 4 rings (SSSR count). The van der Waals surface area contributed by atoms with Crippen molar-refractivity contribution >= 4 is 11.8 Å². The number of benzene rings is 1. The molecule has 16 heteroatoms. The lowest BCUT2D eigenvalue weighted by atomic mass is 9.97. The molecular weight excluding hydrogens is 503 g/mol.